The SMILES string of the molecule is CC(=O)Nc1ccc(-c2cc3nc(-c4cncn4C)n(-c4cc(NC5CC5)c5c(c4)n(C)c(=O)n5C)c3cc2F)cc1. The van der Waals surface area contributed by atoms with Gasteiger partial charge in [-0.05, 0) is 48.7 Å². The Kier molecular flexibility index (Phi) is 5.79. The number of hydrogen-bond donors (Lipinski definition) is 2. The maximum atomic E-state index is 15.9. The summed E-state index contributed by atoms with van der Waals surface area (Å²) in [6.45, 7) is 1.44. The van der Waals surface area contributed by atoms with Crippen molar-refractivity contribution in [3.8, 4) is 28.3 Å². The Balaban J connectivity index is 1.46. The van der Waals surface area contributed by atoms with Crippen LogP contribution in [-0.2, 0) is 25.9 Å². The minimum atomic E-state index is -0.406. The normalized spacial score (nSPS) is 13.3. The number of imidazole rings is 3. The van der Waals surface area contributed by atoms with Crippen molar-refractivity contribution >= 4 is 39.3 Å². The summed E-state index contributed by atoms with van der Waals surface area (Å²) in [6, 6.07) is 14.6. The Morgan fingerprint density at radius 3 is 2.43 bits per heavy atom. The summed E-state index contributed by atoms with van der Waals surface area (Å²) in [5.41, 5.74) is 6.70. The summed E-state index contributed by atoms with van der Waals surface area (Å²) in [4.78, 5) is 33.6. The predicted octanol–water partition coefficient (Wildman–Crippen LogP) is 4.96. The highest BCUT2D eigenvalue weighted by Crippen LogP contribution is 2.37. The predicted molar refractivity (Wildman–Crippen MR) is 161 cm³/mol. The van der Waals surface area contributed by atoms with E-state index in [-0.39, 0.29) is 11.6 Å². The Morgan fingerprint density at radius 1 is 1.00 bits per heavy atom. The van der Waals surface area contributed by atoms with Gasteiger partial charge in [-0.1, -0.05) is 12.1 Å². The number of fused-ring (bicyclic) bond motifs is 2. The number of amides is 1. The van der Waals surface area contributed by atoms with E-state index in [9.17, 15) is 9.59 Å². The van der Waals surface area contributed by atoms with E-state index in [1.165, 1.54) is 13.0 Å². The van der Waals surface area contributed by atoms with E-state index >= 15 is 4.39 Å². The van der Waals surface area contributed by atoms with Crippen LogP contribution in [0.3, 0.4) is 0 Å². The molecular formula is C31H29FN8O2. The number of rotatable bonds is 6. The summed E-state index contributed by atoms with van der Waals surface area (Å²) in [6.07, 6.45) is 5.57. The van der Waals surface area contributed by atoms with Crippen LogP contribution in [-0.4, -0.2) is 40.2 Å². The van der Waals surface area contributed by atoms with Gasteiger partial charge in [-0.2, -0.15) is 0 Å². The molecule has 0 spiro atoms. The molecule has 0 aliphatic heterocycles. The third-order valence-corrected chi connectivity index (χ3v) is 7.85. The molecular weight excluding hydrogens is 535 g/mol. The van der Waals surface area contributed by atoms with Gasteiger partial charge >= 0.3 is 5.69 Å². The lowest BCUT2D eigenvalue weighted by Crippen LogP contribution is -2.19. The van der Waals surface area contributed by atoms with Crippen molar-refractivity contribution in [3.63, 3.8) is 0 Å². The van der Waals surface area contributed by atoms with E-state index in [0.29, 0.717) is 39.7 Å². The Bertz CT molecular complexity index is 2090. The number of aromatic nitrogens is 6. The van der Waals surface area contributed by atoms with Crippen molar-refractivity contribution in [2.45, 2.75) is 25.8 Å². The van der Waals surface area contributed by atoms with Gasteiger partial charge in [0.25, 0.3) is 0 Å². The number of anilines is 2. The zero-order valence-electron chi connectivity index (χ0n) is 23.6. The van der Waals surface area contributed by atoms with Crippen LogP contribution >= 0.6 is 0 Å². The number of nitrogens with one attached hydrogen (secondary N) is 2. The quantitative estimate of drug-likeness (QED) is 0.298. The molecule has 10 nitrogen and oxygen atoms in total. The van der Waals surface area contributed by atoms with Crippen LogP contribution in [0.5, 0.6) is 0 Å². The molecule has 0 radical (unpaired) electrons. The monoisotopic (exact) mass is 564 g/mol. The summed E-state index contributed by atoms with van der Waals surface area (Å²) < 4.78 is 23.0. The third-order valence-electron chi connectivity index (χ3n) is 7.85. The summed E-state index contributed by atoms with van der Waals surface area (Å²) >= 11 is 0. The molecule has 0 saturated heterocycles. The second-order valence-corrected chi connectivity index (χ2v) is 10.9. The average Bonchev–Trinajstić information content (AvgIpc) is 3.49. The van der Waals surface area contributed by atoms with Crippen molar-refractivity contribution in [2.75, 3.05) is 10.6 Å². The summed E-state index contributed by atoms with van der Waals surface area (Å²) in [5.74, 6) is 0.0186. The number of hydrogen-bond acceptors (Lipinski definition) is 5. The molecule has 0 atom stereocenters. The van der Waals surface area contributed by atoms with Crippen LogP contribution in [0.2, 0.25) is 0 Å². The van der Waals surface area contributed by atoms with Crippen LogP contribution in [0.15, 0.2) is 65.8 Å². The maximum absolute atomic E-state index is 15.9. The number of carbonyl (C=O) groups excluding carboxylic acids is 1. The smallest absolute Gasteiger partial charge is 0.328 e. The van der Waals surface area contributed by atoms with E-state index in [2.05, 4.69) is 15.6 Å². The molecule has 7 rings (SSSR count). The molecule has 212 valence electrons. The highest BCUT2D eigenvalue weighted by atomic mass is 19.1. The zero-order valence-corrected chi connectivity index (χ0v) is 23.6. The molecule has 11 heteroatoms. The molecule has 1 aliphatic rings. The first-order valence-electron chi connectivity index (χ1n) is 13.7. The zero-order chi connectivity index (χ0) is 29.3. The molecule has 42 heavy (non-hydrogen) atoms. The van der Waals surface area contributed by atoms with Gasteiger partial charge in [0.05, 0.1) is 46.0 Å². The largest absolute Gasteiger partial charge is 0.380 e. The molecule has 3 aromatic carbocycles. The third kappa shape index (κ3) is 4.16. The molecule has 1 fully saturated rings. The lowest BCUT2D eigenvalue weighted by molar-refractivity contribution is -0.114. The first-order valence-corrected chi connectivity index (χ1v) is 13.7. The van der Waals surface area contributed by atoms with Gasteiger partial charge in [0.15, 0.2) is 5.82 Å². The molecule has 0 unspecified atom stereocenters. The molecule has 3 aromatic heterocycles. The Hall–Kier alpha value is -5.19. The first-order chi connectivity index (χ1) is 20.2. The summed E-state index contributed by atoms with van der Waals surface area (Å²) in [7, 11) is 5.42. The van der Waals surface area contributed by atoms with Crippen LogP contribution in [0, 0.1) is 5.82 Å². The van der Waals surface area contributed by atoms with Gasteiger partial charge < -0.3 is 15.2 Å². The maximum Gasteiger partial charge on any atom is 0.328 e. The van der Waals surface area contributed by atoms with Crippen LogP contribution in [0.4, 0.5) is 15.8 Å². The second-order valence-electron chi connectivity index (χ2n) is 10.9. The van der Waals surface area contributed by atoms with Crippen molar-refractivity contribution < 1.29 is 9.18 Å². The van der Waals surface area contributed by atoms with E-state index in [1.54, 1.807) is 66.1 Å². The standard InChI is InChI=1S/C31H29FN8O2/c1-17(41)34-19-7-5-18(6-8-19)22-13-24-26(14-23(22)32)40(30(36-24)28-15-33-16-37(28)2)21-11-25(35-20-9-10-20)29-27(12-21)38(3)31(42)39(29)4/h5-8,11-16,20,35H,9-10H2,1-4H3,(H,34,41). The van der Waals surface area contributed by atoms with Gasteiger partial charge in [-0.25, -0.2) is 19.2 Å². The van der Waals surface area contributed by atoms with E-state index in [1.807, 2.05) is 28.3 Å². The Morgan fingerprint density at radius 2 is 1.76 bits per heavy atom. The number of benzene rings is 3. The second kappa shape index (κ2) is 9.44. The highest BCUT2D eigenvalue weighted by molar-refractivity contribution is 5.94. The molecule has 2 N–H and O–H groups in total. The minimum Gasteiger partial charge on any atom is -0.380 e. The number of carbonyl (C=O) groups is 1. The van der Waals surface area contributed by atoms with E-state index < -0.39 is 5.82 Å². The molecule has 3 heterocycles. The van der Waals surface area contributed by atoms with Gasteiger partial charge in [0.2, 0.25) is 5.91 Å². The fourth-order valence-electron chi connectivity index (χ4n) is 5.58. The number of halogens is 1. The first kappa shape index (κ1) is 25.8. The van der Waals surface area contributed by atoms with Gasteiger partial charge in [0.1, 0.15) is 11.5 Å². The van der Waals surface area contributed by atoms with Crippen molar-refractivity contribution in [1.29, 1.82) is 0 Å². The fraction of sp³-hybridized carbons (Fsp3) is 0.226. The van der Waals surface area contributed by atoms with Crippen LogP contribution < -0.4 is 16.3 Å². The lowest BCUT2D eigenvalue weighted by Gasteiger charge is -2.15. The van der Waals surface area contributed by atoms with Crippen LogP contribution in [0.1, 0.15) is 19.8 Å². The number of nitrogens with zero attached hydrogens (tertiary/aromatic N) is 6. The minimum absolute atomic E-state index is 0.122. The average molecular weight is 565 g/mol. The topological polar surface area (TPSA) is 104 Å². The lowest BCUT2D eigenvalue weighted by atomic mass is 10.0. The molecule has 0 bridgehead atoms. The summed E-state index contributed by atoms with van der Waals surface area (Å²) in [5, 5.41) is 6.32. The molecule has 1 saturated carbocycles. The van der Waals surface area contributed by atoms with Crippen molar-refractivity contribution in [3.05, 3.63) is 77.4 Å². The van der Waals surface area contributed by atoms with E-state index in [0.717, 1.165) is 40.9 Å². The Labute approximate surface area is 240 Å². The fourth-order valence-corrected chi connectivity index (χ4v) is 5.58. The van der Waals surface area contributed by atoms with Crippen molar-refractivity contribution in [1.82, 2.24) is 28.2 Å². The van der Waals surface area contributed by atoms with Crippen LogP contribution in [0.25, 0.3) is 50.4 Å². The van der Waals surface area contributed by atoms with Crippen molar-refractivity contribution in [2.24, 2.45) is 21.1 Å². The molecule has 1 aliphatic carbocycles. The van der Waals surface area contributed by atoms with E-state index in [4.69, 9.17) is 4.98 Å². The van der Waals surface area contributed by atoms with Gasteiger partial charge in [-0.15, -0.1) is 0 Å². The molecule has 6 aromatic rings. The molecule has 1 amide bonds. The highest BCUT2D eigenvalue weighted by Gasteiger charge is 2.26. The number of aryl methyl sites for hydroxylation is 3. The van der Waals surface area contributed by atoms with Gasteiger partial charge in [0, 0.05) is 51.4 Å². The van der Waals surface area contributed by atoms with Gasteiger partial charge in [-0.3, -0.25) is 18.5 Å².